The lowest BCUT2D eigenvalue weighted by atomic mass is 9.55. The molecule has 1 saturated carbocycles. The van der Waals surface area contributed by atoms with Gasteiger partial charge < -0.3 is 19.7 Å². The van der Waals surface area contributed by atoms with Crippen LogP contribution in [-0.4, -0.2) is 45.1 Å². The van der Waals surface area contributed by atoms with E-state index in [4.69, 9.17) is 9.47 Å². The van der Waals surface area contributed by atoms with E-state index in [-0.39, 0.29) is 5.41 Å². The Balaban J connectivity index is 1.44. The average Bonchev–Trinajstić information content (AvgIpc) is 2.63. The Labute approximate surface area is 145 Å². The molecule has 2 heterocycles. The third kappa shape index (κ3) is 2.85. The first-order valence-corrected chi connectivity index (χ1v) is 9.43. The first kappa shape index (κ1) is 16.4. The van der Waals surface area contributed by atoms with Crippen LogP contribution < -0.4 is 10.2 Å². The number of hydrogen-bond donors (Lipinski definition) is 1. The summed E-state index contributed by atoms with van der Waals surface area (Å²) in [6.07, 6.45) is 2.95. The van der Waals surface area contributed by atoms with Crippen molar-refractivity contribution in [3.05, 3.63) is 29.8 Å². The average molecular weight is 330 g/mol. The van der Waals surface area contributed by atoms with E-state index in [1.54, 1.807) is 0 Å². The van der Waals surface area contributed by atoms with Crippen LogP contribution in [0.4, 0.5) is 5.69 Å². The number of para-hydroxylation sites is 1. The fourth-order valence-corrected chi connectivity index (χ4v) is 4.93. The number of morpholine rings is 1. The number of anilines is 1. The Hall–Kier alpha value is -1.10. The van der Waals surface area contributed by atoms with Gasteiger partial charge in [-0.1, -0.05) is 32.0 Å². The molecule has 4 rings (SSSR count). The van der Waals surface area contributed by atoms with Crippen LogP contribution in [0.3, 0.4) is 0 Å². The van der Waals surface area contributed by atoms with Crippen LogP contribution in [0.2, 0.25) is 0 Å². The van der Waals surface area contributed by atoms with Crippen LogP contribution in [0.1, 0.15) is 32.3 Å². The molecule has 0 aromatic heterocycles. The maximum atomic E-state index is 6.03. The molecule has 24 heavy (non-hydrogen) atoms. The molecule has 4 nitrogen and oxygen atoms in total. The second kappa shape index (κ2) is 6.66. The summed E-state index contributed by atoms with van der Waals surface area (Å²) < 4.78 is 11.5. The highest BCUT2D eigenvalue weighted by atomic mass is 16.5. The zero-order valence-corrected chi connectivity index (χ0v) is 15.0. The Morgan fingerprint density at radius 1 is 1.17 bits per heavy atom. The van der Waals surface area contributed by atoms with E-state index < -0.39 is 0 Å². The van der Waals surface area contributed by atoms with Crippen molar-refractivity contribution >= 4 is 5.69 Å². The van der Waals surface area contributed by atoms with Gasteiger partial charge in [-0.15, -0.1) is 0 Å². The van der Waals surface area contributed by atoms with Gasteiger partial charge in [0, 0.05) is 49.3 Å². The summed E-state index contributed by atoms with van der Waals surface area (Å²) in [4.78, 5) is 2.46. The second-order valence-electron chi connectivity index (χ2n) is 8.01. The molecule has 1 N–H and O–H groups in total. The number of hydrogen-bond acceptors (Lipinski definition) is 4. The number of benzene rings is 1. The minimum Gasteiger partial charge on any atom is -0.378 e. The van der Waals surface area contributed by atoms with E-state index in [2.05, 4.69) is 48.3 Å². The van der Waals surface area contributed by atoms with Gasteiger partial charge in [-0.3, -0.25) is 0 Å². The zero-order chi connectivity index (χ0) is 16.6. The van der Waals surface area contributed by atoms with E-state index >= 15 is 0 Å². The molecule has 1 aromatic rings. The molecule has 1 aromatic carbocycles. The van der Waals surface area contributed by atoms with Crippen molar-refractivity contribution in [3.8, 4) is 0 Å². The quantitative estimate of drug-likeness (QED) is 0.920. The van der Waals surface area contributed by atoms with Crippen molar-refractivity contribution < 1.29 is 9.47 Å². The number of ether oxygens (including phenoxy) is 2. The highest BCUT2D eigenvalue weighted by Gasteiger charge is 2.57. The van der Waals surface area contributed by atoms with Crippen LogP contribution in [0.15, 0.2) is 24.3 Å². The molecule has 0 unspecified atom stereocenters. The third-order valence-electron chi connectivity index (χ3n) is 6.19. The first-order valence-electron chi connectivity index (χ1n) is 9.43. The third-order valence-corrected chi connectivity index (χ3v) is 6.19. The normalized spacial score (nSPS) is 32.1. The molecule has 0 amide bonds. The van der Waals surface area contributed by atoms with Gasteiger partial charge in [-0.25, -0.2) is 0 Å². The fourth-order valence-electron chi connectivity index (χ4n) is 4.93. The van der Waals surface area contributed by atoms with E-state index in [0.29, 0.717) is 18.1 Å². The van der Waals surface area contributed by atoms with E-state index in [0.717, 1.165) is 39.5 Å². The molecule has 3 fully saturated rings. The van der Waals surface area contributed by atoms with E-state index in [1.165, 1.54) is 24.1 Å². The minimum absolute atomic E-state index is 0.235. The maximum Gasteiger partial charge on any atom is 0.0684 e. The standard InChI is InChI=1S/C20H30N2O2/c1-20(2)18(16-7-5-11-24-19(16)20)21-14-15-6-3-4-8-17(15)22-9-12-23-13-10-22/h3-4,6,8,16,18-19,21H,5,7,9-14H2,1-2H3/t16-,18-,19-/m1/s1. The van der Waals surface area contributed by atoms with Crippen LogP contribution in [0.25, 0.3) is 0 Å². The molecule has 0 spiro atoms. The summed E-state index contributed by atoms with van der Waals surface area (Å²) in [7, 11) is 0. The Morgan fingerprint density at radius 3 is 2.79 bits per heavy atom. The Bertz CT molecular complexity index is 569. The zero-order valence-electron chi connectivity index (χ0n) is 15.0. The number of nitrogens with zero attached hydrogens (tertiary/aromatic N) is 1. The number of rotatable bonds is 4. The highest BCUT2D eigenvalue weighted by Crippen LogP contribution is 2.51. The van der Waals surface area contributed by atoms with E-state index in [1.807, 2.05) is 0 Å². The van der Waals surface area contributed by atoms with Crippen molar-refractivity contribution in [1.29, 1.82) is 0 Å². The van der Waals surface area contributed by atoms with Crippen molar-refractivity contribution in [1.82, 2.24) is 5.32 Å². The predicted molar refractivity (Wildman–Crippen MR) is 96.3 cm³/mol. The molecule has 0 bridgehead atoms. The van der Waals surface area contributed by atoms with Crippen molar-refractivity contribution in [2.75, 3.05) is 37.8 Å². The summed E-state index contributed by atoms with van der Waals surface area (Å²) >= 11 is 0. The predicted octanol–water partition coefficient (Wildman–Crippen LogP) is 2.82. The molecule has 2 aliphatic heterocycles. The van der Waals surface area contributed by atoms with E-state index in [9.17, 15) is 0 Å². The van der Waals surface area contributed by atoms with Gasteiger partial charge in [0.1, 0.15) is 0 Å². The first-order chi connectivity index (χ1) is 11.7. The van der Waals surface area contributed by atoms with Gasteiger partial charge in [-0.05, 0) is 24.5 Å². The fraction of sp³-hybridized carbons (Fsp3) is 0.700. The van der Waals surface area contributed by atoms with Crippen molar-refractivity contribution in [2.24, 2.45) is 11.3 Å². The van der Waals surface area contributed by atoms with Gasteiger partial charge >= 0.3 is 0 Å². The molecule has 3 atom stereocenters. The molecule has 132 valence electrons. The van der Waals surface area contributed by atoms with Gasteiger partial charge in [0.2, 0.25) is 0 Å². The molecule has 4 heteroatoms. The lowest BCUT2D eigenvalue weighted by molar-refractivity contribution is -0.192. The highest BCUT2D eigenvalue weighted by molar-refractivity contribution is 5.54. The lowest BCUT2D eigenvalue weighted by Crippen LogP contribution is -2.69. The summed E-state index contributed by atoms with van der Waals surface area (Å²) in [6.45, 7) is 10.2. The summed E-state index contributed by atoms with van der Waals surface area (Å²) in [5.41, 5.74) is 3.00. The monoisotopic (exact) mass is 330 g/mol. The second-order valence-corrected chi connectivity index (χ2v) is 8.01. The van der Waals surface area contributed by atoms with Gasteiger partial charge in [0.15, 0.2) is 0 Å². The maximum absolute atomic E-state index is 6.03. The molecule has 2 saturated heterocycles. The molecule has 1 aliphatic carbocycles. The van der Waals surface area contributed by atoms with Gasteiger partial charge in [-0.2, -0.15) is 0 Å². The summed E-state index contributed by atoms with van der Waals surface area (Å²) in [6, 6.07) is 9.37. The molecule has 3 aliphatic rings. The van der Waals surface area contributed by atoms with Gasteiger partial charge in [0.25, 0.3) is 0 Å². The van der Waals surface area contributed by atoms with Crippen molar-refractivity contribution in [2.45, 2.75) is 45.4 Å². The Kier molecular flexibility index (Phi) is 4.54. The largest absolute Gasteiger partial charge is 0.378 e. The molecule has 0 radical (unpaired) electrons. The van der Waals surface area contributed by atoms with Crippen LogP contribution in [0.5, 0.6) is 0 Å². The van der Waals surface area contributed by atoms with Crippen molar-refractivity contribution in [3.63, 3.8) is 0 Å². The SMILES string of the molecule is CC1(C)[C@H](NCc2ccccc2N2CCOCC2)[C@H]2CCCO[C@H]21. The summed E-state index contributed by atoms with van der Waals surface area (Å²) in [5, 5.41) is 3.87. The lowest BCUT2D eigenvalue weighted by Gasteiger charge is -2.60. The molecular weight excluding hydrogens is 300 g/mol. The summed E-state index contributed by atoms with van der Waals surface area (Å²) in [5.74, 6) is 0.685. The smallest absolute Gasteiger partial charge is 0.0684 e. The topological polar surface area (TPSA) is 33.7 Å². The minimum atomic E-state index is 0.235. The van der Waals surface area contributed by atoms with Gasteiger partial charge in [0.05, 0.1) is 19.3 Å². The Morgan fingerprint density at radius 2 is 1.96 bits per heavy atom. The van der Waals surface area contributed by atoms with Crippen LogP contribution >= 0.6 is 0 Å². The number of fused-ring (bicyclic) bond motifs is 1. The van der Waals surface area contributed by atoms with Crippen LogP contribution in [0, 0.1) is 11.3 Å². The molecular formula is C20H30N2O2. The number of nitrogens with one attached hydrogen (secondary N) is 1. The van der Waals surface area contributed by atoms with Crippen LogP contribution in [-0.2, 0) is 16.0 Å².